The smallest absolute Gasteiger partial charge is 0.255 e. The van der Waals surface area contributed by atoms with Gasteiger partial charge in [-0.1, -0.05) is 13.8 Å². The summed E-state index contributed by atoms with van der Waals surface area (Å²) in [5.74, 6) is 1.11. The van der Waals surface area contributed by atoms with E-state index in [-0.39, 0.29) is 17.7 Å². The zero-order chi connectivity index (χ0) is 19.6. The number of nitrogens with one attached hydrogen (secondary N) is 1. The van der Waals surface area contributed by atoms with Crippen LogP contribution >= 0.6 is 0 Å². The van der Waals surface area contributed by atoms with Crippen LogP contribution in [0, 0.1) is 6.92 Å². The molecule has 1 aromatic carbocycles. The molecule has 0 aliphatic carbocycles. The molecule has 2 aromatic rings. The number of hydrogen-bond donors (Lipinski definition) is 1. The van der Waals surface area contributed by atoms with Gasteiger partial charge >= 0.3 is 0 Å². The van der Waals surface area contributed by atoms with Gasteiger partial charge in [0.05, 0.1) is 12.7 Å². The highest BCUT2D eigenvalue weighted by Crippen LogP contribution is 2.30. The standard InChI is InChI=1S/C21H27N3O3/c1-14(2)17-12-18(15(3)11-19(17)27-4)21(26)24-9-7-23(8-10-24)20(25)16-5-6-22-13-16/h5-6,11-14,22H,7-10H2,1-4H3. The molecule has 0 unspecified atom stereocenters. The SMILES string of the molecule is COc1cc(C)c(C(=O)N2CCN(C(=O)c3cc[nH]c3)CC2)cc1C(C)C. The minimum Gasteiger partial charge on any atom is -0.496 e. The van der Waals surface area contributed by atoms with Gasteiger partial charge in [-0.3, -0.25) is 9.59 Å². The van der Waals surface area contributed by atoms with Crippen LogP contribution in [0.5, 0.6) is 5.75 Å². The van der Waals surface area contributed by atoms with Gasteiger partial charge in [0.25, 0.3) is 11.8 Å². The number of H-pyrrole nitrogens is 1. The topological polar surface area (TPSA) is 65.6 Å². The van der Waals surface area contributed by atoms with Crippen molar-refractivity contribution in [1.82, 2.24) is 14.8 Å². The number of piperazine rings is 1. The van der Waals surface area contributed by atoms with Gasteiger partial charge in [0.1, 0.15) is 5.75 Å². The third-order valence-electron chi connectivity index (χ3n) is 5.13. The van der Waals surface area contributed by atoms with E-state index in [0.29, 0.717) is 37.3 Å². The van der Waals surface area contributed by atoms with Crippen molar-refractivity contribution in [3.63, 3.8) is 0 Å². The Morgan fingerprint density at radius 1 is 1.07 bits per heavy atom. The Bertz CT molecular complexity index is 819. The van der Waals surface area contributed by atoms with Gasteiger partial charge in [-0.15, -0.1) is 0 Å². The molecule has 0 spiro atoms. The first-order valence-electron chi connectivity index (χ1n) is 9.32. The van der Waals surface area contributed by atoms with Crippen LogP contribution in [0.4, 0.5) is 0 Å². The van der Waals surface area contributed by atoms with Gasteiger partial charge in [0, 0.05) is 44.1 Å². The van der Waals surface area contributed by atoms with Crippen molar-refractivity contribution < 1.29 is 14.3 Å². The molecule has 6 heteroatoms. The molecule has 0 bridgehead atoms. The van der Waals surface area contributed by atoms with E-state index in [0.717, 1.165) is 16.9 Å². The predicted octanol–water partition coefficient (Wildman–Crippen LogP) is 3.05. The lowest BCUT2D eigenvalue weighted by Crippen LogP contribution is -2.50. The molecule has 1 N–H and O–H groups in total. The summed E-state index contributed by atoms with van der Waals surface area (Å²) >= 11 is 0. The number of aromatic amines is 1. The molecule has 1 aliphatic rings. The molecule has 3 rings (SSSR count). The number of rotatable bonds is 4. The molecule has 2 amide bonds. The summed E-state index contributed by atoms with van der Waals surface area (Å²) in [6.07, 6.45) is 3.44. The quantitative estimate of drug-likeness (QED) is 0.901. The average molecular weight is 369 g/mol. The van der Waals surface area contributed by atoms with E-state index in [1.807, 2.05) is 24.0 Å². The first kappa shape index (κ1) is 19.0. The number of methoxy groups -OCH3 is 1. The predicted molar refractivity (Wildman–Crippen MR) is 104 cm³/mol. The summed E-state index contributed by atoms with van der Waals surface area (Å²) in [7, 11) is 1.66. The monoisotopic (exact) mass is 369 g/mol. The van der Waals surface area contributed by atoms with Gasteiger partial charge in [-0.2, -0.15) is 0 Å². The molecule has 1 aromatic heterocycles. The Hall–Kier alpha value is -2.76. The van der Waals surface area contributed by atoms with Gasteiger partial charge in [-0.05, 0) is 42.2 Å². The molecule has 0 atom stereocenters. The highest BCUT2D eigenvalue weighted by Gasteiger charge is 2.27. The van der Waals surface area contributed by atoms with Gasteiger partial charge < -0.3 is 19.5 Å². The molecule has 0 saturated carbocycles. The molecule has 6 nitrogen and oxygen atoms in total. The van der Waals surface area contributed by atoms with Crippen molar-refractivity contribution in [3.05, 3.63) is 52.8 Å². The summed E-state index contributed by atoms with van der Waals surface area (Å²) in [4.78, 5) is 32.1. The Kier molecular flexibility index (Phi) is 5.54. The second-order valence-electron chi connectivity index (χ2n) is 7.25. The average Bonchev–Trinajstić information content (AvgIpc) is 3.21. The van der Waals surface area contributed by atoms with Gasteiger partial charge in [0.15, 0.2) is 0 Å². The highest BCUT2D eigenvalue weighted by molar-refractivity contribution is 5.97. The number of aryl methyl sites for hydroxylation is 1. The van der Waals surface area contributed by atoms with Crippen molar-refractivity contribution in [3.8, 4) is 5.75 Å². The van der Waals surface area contributed by atoms with E-state index in [4.69, 9.17) is 4.74 Å². The largest absolute Gasteiger partial charge is 0.496 e. The Labute approximate surface area is 160 Å². The molecule has 1 aliphatic heterocycles. The molecule has 1 fully saturated rings. The number of ether oxygens (including phenoxy) is 1. The minimum absolute atomic E-state index is 0.00562. The van der Waals surface area contributed by atoms with E-state index in [9.17, 15) is 9.59 Å². The maximum Gasteiger partial charge on any atom is 0.255 e. The zero-order valence-corrected chi connectivity index (χ0v) is 16.4. The number of benzene rings is 1. The Morgan fingerprint density at radius 2 is 1.70 bits per heavy atom. The van der Waals surface area contributed by atoms with Crippen molar-refractivity contribution in [2.75, 3.05) is 33.3 Å². The summed E-state index contributed by atoms with van der Waals surface area (Å²) < 4.78 is 5.47. The lowest BCUT2D eigenvalue weighted by atomic mass is 9.95. The Morgan fingerprint density at radius 3 is 2.22 bits per heavy atom. The Balaban J connectivity index is 1.72. The van der Waals surface area contributed by atoms with Crippen LogP contribution in [-0.4, -0.2) is 59.9 Å². The molecule has 2 heterocycles. The highest BCUT2D eigenvalue weighted by atomic mass is 16.5. The van der Waals surface area contributed by atoms with E-state index in [1.165, 1.54) is 0 Å². The third kappa shape index (κ3) is 3.84. The van der Waals surface area contributed by atoms with Gasteiger partial charge in [0.2, 0.25) is 0 Å². The maximum atomic E-state index is 13.1. The molecule has 27 heavy (non-hydrogen) atoms. The van der Waals surface area contributed by atoms with Crippen molar-refractivity contribution in [2.45, 2.75) is 26.7 Å². The number of carbonyl (C=O) groups is 2. The number of aromatic nitrogens is 1. The fourth-order valence-corrected chi connectivity index (χ4v) is 3.48. The van der Waals surface area contributed by atoms with Crippen molar-refractivity contribution >= 4 is 11.8 Å². The minimum atomic E-state index is 0.00562. The maximum absolute atomic E-state index is 13.1. The van der Waals surface area contributed by atoms with Crippen LogP contribution < -0.4 is 4.74 Å². The number of carbonyl (C=O) groups excluding carboxylic acids is 2. The second-order valence-corrected chi connectivity index (χ2v) is 7.25. The molecule has 144 valence electrons. The summed E-state index contributed by atoms with van der Waals surface area (Å²) in [6, 6.07) is 5.67. The normalized spacial score (nSPS) is 14.6. The van der Waals surface area contributed by atoms with Crippen molar-refractivity contribution in [2.24, 2.45) is 0 Å². The fourth-order valence-electron chi connectivity index (χ4n) is 3.48. The van der Waals surface area contributed by atoms with E-state index in [1.54, 1.807) is 30.5 Å². The molecule has 1 saturated heterocycles. The molecule has 0 radical (unpaired) electrons. The summed E-state index contributed by atoms with van der Waals surface area (Å²) in [5.41, 5.74) is 3.31. The van der Waals surface area contributed by atoms with Crippen LogP contribution in [0.3, 0.4) is 0 Å². The molecular formula is C21H27N3O3. The number of nitrogens with zero attached hydrogens (tertiary/aromatic N) is 2. The van der Waals surface area contributed by atoms with Gasteiger partial charge in [-0.25, -0.2) is 0 Å². The first-order valence-corrected chi connectivity index (χ1v) is 9.32. The first-order chi connectivity index (χ1) is 12.9. The zero-order valence-electron chi connectivity index (χ0n) is 16.4. The van der Waals surface area contributed by atoms with Crippen LogP contribution in [0.25, 0.3) is 0 Å². The lowest BCUT2D eigenvalue weighted by molar-refractivity contribution is 0.0535. The van der Waals surface area contributed by atoms with Crippen LogP contribution in [0.15, 0.2) is 30.6 Å². The summed E-state index contributed by atoms with van der Waals surface area (Å²) in [6.45, 7) is 8.28. The number of hydrogen-bond acceptors (Lipinski definition) is 3. The lowest BCUT2D eigenvalue weighted by Gasteiger charge is -2.35. The van der Waals surface area contributed by atoms with E-state index in [2.05, 4.69) is 18.8 Å². The van der Waals surface area contributed by atoms with E-state index < -0.39 is 0 Å². The van der Waals surface area contributed by atoms with Crippen LogP contribution in [-0.2, 0) is 0 Å². The number of amides is 2. The molecular weight excluding hydrogens is 342 g/mol. The summed E-state index contributed by atoms with van der Waals surface area (Å²) in [5, 5.41) is 0. The van der Waals surface area contributed by atoms with E-state index >= 15 is 0 Å². The fraction of sp³-hybridized carbons (Fsp3) is 0.429. The second kappa shape index (κ2) is 7.86. The van der Waals surface area contributed by atoms with Crippen LogP contribution in [0.2, 0.25) is 0 Å². The van der Waals surface area contributed by atoms with Crippen molar-refractivity contribution in [1.29, 1.82) is 0 Å². The van der Waals surface area contributed by atoms with Crippen LogP contribution in [0.1, 0.15) is 51.6 Å². The third-order valence-corrected chi connectivity index (χ3v) is 5.13.